The van der Waals surface area contributed by atoms with Gasteiger partial charge in [0.2, 0.25) is 5.91 Å². The number of aromatic nitrogens is 1. The van der Waals surface area contributed by atoms with E-state index in [9.17, 15) is 14.7 Å². The number of carbonyl (C=O) groups is 2. The van der Waals surface area contributed by atoms with E-state index in [-0.39, 0.29) is 17.9 Å². The van der Waals surface area contributed by atoms with Crippen LogP contribution in [-0.2, 0) is 11.2 Å². The molecule has 1 aromatic carbocycles. The molecule has 2 aromatic rings. The van der Waals surface area contributed by atoms with Gasteiger partial charge in [-0.15, -0.1) is 0 Å². The molecule has 0 fully saturated rings. The quantitative estimate of drug-likeness (QED) is 0.616. The number of hydrogen-bond acceptors (Lipinski definition) is 3. The number of phenols is 1. The standard InChI is InChI=1S/C12H12N3O3/c13-10(17)4-2-7-8-5-6(16)1-3-9(8)15-11(7)12(14)18/h1,3-5,15-16H,2H2,(H2,13,17)(H2,14,18). The van der Waals surface area contributed by atoms with Crippen LogP contribution >= 0.6 is 0 Å². The first-order chi connectivity index (χ1) is 8.49. The lowest BCUT2D eigenvalue weighted by atomic mass is 10.0. The average Bonchev–Trinajstić information content (AvgIpc) is 2.64. The summed E-state index contributed by atoms with van der Waals surface area (Å²) >= 11 is 0. The molecule has 93 valence electrons. The highest BCUT2D eigenvalue weighted by Gasteiger charge is 2.16. The van der Waals surface area contributed by atoms with Crippen LogP contribution in [0.1, 0.15) is 16.1 Å². The molecule has 2 amide bonds. The molecule has 1 aromatic heterocycles. The second-order valence-electron chi connectivity index (χ2n) is 3.88. The number of primary amides is 2. The third-order valence-corrected chi connectivity index (χ3v) is 2.64. The van der Waals surface area contributed by atoms with E-state index < -0.39 is 11.8 Å². The fourth-order valence-corrected chi connectivity index (χ4v) is 1.86. The zero-order valence-corrected chi connectivity index (χ0v) is 9.43. The number of aromatic hydroxyl groups is 1. The number of benzene rings is 1. The van der Waals surface area contributed by atoms with Gasteiger partial charge in [0.15, 0.2) is 0 Å². The van der Waals surface area contributed by atoms with Crippen molar-refractivity contribution < 1.29 is 14.7 Å². The smallest absolute Gasteiger partial charge is 0.265 e. The van der Waals surface area contributed by atoms with Crippen molar-refractivity contribution in [3.8, 4) is 5.75 Å². The largest absolute Gasteiger partial charge is 0.508 e. The summed E-state index contributed by atoms with van der Waals surface area (Å²) in [6, 6.07) is 4.62. The predicted octanol–water partition coefficient (Wildman–Crippen LogP) is 0.204. The summed E-state index contributed by atoms with van der Waals surface area (Å²) < 4.78 is 0. The van der Waals surface area contributed by atoms with Crippen molar-refractivity contribution >= 4 is 22.7 Å². The molecule has 2 rings (SSSR count). The fourth-order valence-electron chi connectivity index (χ4n) is 1.86. The van der Waals surface area contributed by atoms with Crippen LogP contribution < -0.4 is 11.5 Å². The van der Waals surface area contributed by atoms with Crippen molar-refractivity contribution in [1.29, 1.82) is 0 Å². The zero-order chi connectivity index (χ0) is 13.3. The summed E-state index contributed by atoms with van der Waals surface area (Å²) in [6.07, 6.45) is 1.43. The van der Waals surface area contributed by atoms with Crippen LogP contribution in [0.15, 0.2) is 18.2 Å². The van der Waals surface area contributed by atoms with E-state index in [0.717, 1.165) is 0 Å². The molecule has 0 saturated carbocycles. The van der Waals surface area contributed by atoms with Gasteiger partial charge in [0, 0.05) is 10.9 Å². The first-order valence-corrected chi connectivity index (χ1v) is 5.25. The SMILES string of the molecule is NC(=O)[CH]Cc1c(C(N)=O)[nH]c2ccc(O)cc12. The lowest BCUT2D eigenvalue weighted by Gasteiger charge is -2.00. The molecule has 6 nitrogen and oxygen atoms in total. The van der Waals surface area contributed by atoms with Crippen molar-refractivity contribution in [1.82, 2.24) is 4.98 Å². The Kier molecular flexibility index (Phi) is 2.93. The molecular formula is C12H12N3O3. The Labute approximate surface area is 103 Å². The van der Waals surface area contributed by atoms with Crippen LogP contribution in [0.4, 0.5) is 0 Å². The van der Waals surface area contributed by atoms with Crippen LogP contribution in [0.2, 0.25) is 0 Å². The average molecular weight is 246 g/mol. The Hall–Kier alpha value is -2.50. The minimum atomic E-state index is -0.626. The summed E-state index contributed by atoms with van der Waals surface area (Å²) in [7, 11) is 0. The lowest BCUT2D eigenvalue weighted by Crippen LogP contribution is -2.16. The Bertz CT molecular complexity index is 631. The number of H-pyrrole nitrogens is 1. The minimum absolute atomic E-state index is 0.0674. The first-order valence-electron chi connectivity index (χ1n) is 5.25. The number of nitrogens with one attached hydrogen (secondary N) is 1. The van der Waals surface area contributed by atoms with Gasteiger partial charge < -0.3 is 21.6 Å². The van der Waals surface area contributed by atoms with Crippen LogP contribution in [-0.4, -0.2) is 21.9 Å². The molecule has 0 saturated heterocycles. The Morgan fingerprint density at radius 3 is 2.67 bits per heavy atom. The highest BCUT2D eigenvalue weighted by molar-refractivity contribution is 6.01. The topological polar surface area (TPSA) is 122 Å². The molecule has 6 N–H and O–H groups in total. The fraction of sp³-hybridized carbons (Fsp3) is 0.0833. The molecule has 0 atom stereocenters. The third kappa shape index (κ3) is 2.13. The zero-order valence-electron chi connectivity index (χ0n) is 9.43. The third-order valence-electron chi connectivity index (χ3n) is 2.64. The van der Waals surface area contributed by atoms with E-state index in [0.29, 0.717) is 16.5 Å². The van der Waals surface area contributed by atoms with E-state index >= 15 is 0 Å². The Balaban J connectivity index is 2.57. The van der Waals surface area contributed by atoms with Crippen LogP contribution in [0.5, 0.6) is 5.75 Å². The van der Waals surface area contributed by atoms with Gasteiger partial charge in [0.25, 0.3) is 5.91 Å². The van der Waals surface area contributed by atoms with Crippen molar-refractivity contribution in [2.75, 3.05) is 0 Å². The number of rotatable bonds is 4. The molecule has 0 unspecified atom stereocenters. The normalized spacial score (nSPS) is 10.7. The summed E-state index contributed by atoms with van der Waals surface area (Å²) in [5.74, 6) is -1.14. The maximum atomic E-state index is 11.3. The molecule has 0 bridgehead atoms. The summed E-state index contributed by atoms with van der Waals surface area (Å²) in [4.78, 5) is 24.9. The predicted molar refractivity (Wildman–Crippen MR) is 65.7 cm³/mol. The maximum Gasteiger partial charge on any atom is 0.265 e. The van der Waals surface area contributed by atoms with Crippen molar-refractivity contribution in [2.45, 2.75) is 6.42 Å². The number of hydrogen-bond donors (Lipinski definition) is 4. The molecule has 1 radical (unpaired) electrons. The Morgan fingerprint density at radius 2 is 2.06 bits per heavy atom. The lowest BCUT2D eigenvalue weighted by molar-refractivity contribution is -0.115. The van der Waals surface area contributed by atoms with E-state index in [2.05, 4.69) is 4.98 Å². The Morgan fingerprint density at radius 1 is 1.33 bits per heavy atom. The summed E-state index contributed by atoms with van der Waals surface area (Å²) in [6.45, 7) is 0. The van der Waals surface area contributed by atoms with Gasteiger partial charge in [-0.2, -0.15) is 0 Å². The van der Waals surface area contributed by atoms with Gasteiger partial charge in [0.05, 0.1) is 6.42 Å². The van der Waals surface area contributed by atoms with E-state index in [1.165, 1.54) is 18.6 Å². The number of amides is 2. The van der Waals surface area contributed by atoms with Crippen molar-refractivity contribution in [3.63, 3.8) is 0 Å². The maximum absolute atomic E-state index is 11.3. The van der Waals surface area contributed by atoms with Crippen molar-refractivity contribution in [2.24, 2.45) is 11.5 Å². The van der Waals surface area contributed by atoms with Crippen LogP contribution in [0, 0.1) is 6.42 Å². The van der Waals surface area contributed by atoms with Gasteiger partial charge >= 0.3 is 0 Å². The molecule has 0 aliphatic rings. The molecule has 6 heteroatoms. The first kappa shape index (κ1) is 12.0. The number of phenolic OH excluding ortho intramolecular Hbond substituents is 1. The van der Waals surface area contributed by atoms with Gasteiger partial charge in [0.1, 0.15) is 11.4 Å². The molecule has 0 aliphatic carbocycles. The second kappa shape index (κ2) is 4.40. The van der Waals surface area contributed by atoms with Crippen LogP contribution in [0.3, 0.4) is 0 Å². The number of fused-ring (bicyclic) bond motifs is 1. The molecule has 1 heterocycles. The number of aromatic amines is 1. The van der Waals surface area contributed by atoms with Gasteiger partial charge in [-0.05, 0) is 30.2 Å². The van der Waals surface area contributed by atoms with E-state index in [4.69, 9.17) is 11.5 Å². The molecular weight excluding hydrogens is 234 g/mol. The van der Waals surface area contributed by atoms with E-state index in [1.807, 2.05) is 0 Å². The van der Waals surface area contributed by atoms with E-state index in [1.54, 1.807) is 6.07 Å². The number of carbonyl (C=O) groups excluding carboxylic acids is 2. The highest BCUT2D eigenvalue weighted by Crippen LogP contribution is 2.26. The highest BCUT2D eigenvalue weighted by atomic mass is 16.3. The summed E-state index contributed by atoms with van der Waals surface area (Å²) in [5, 5.41) is 10.1. The van der Waals surface area contributed by atoms with Gasteiger partial charge in [-0.1, -0.05) is 0 Å². The second-order valence-corrected chi connectivity index (χ2v) is 3.88. The van der Waals surface area contributed by atoms with Gasteiger partial charge in [-0.3, -0.25) is 9.59 Å². The minimum Gasteiger partial charge on any atom is -0.508 e. The summed E-state index contributed by atoms with van der Waals surface area (Å²) in [5.41, 5.74) is 11.7. The van der Waals surface area contributed by atoms with Crippen LogP contribution in [0.25, 0.3) is 10.9 Å². The monoisotopic (exact) mass is 246 g/mol. The van der Waals surface area contributed by atoms with Gasteiger partial charge in [-0.25, -0.2) is 0 Å². The van der Waals surface area contributed by atoms with Crippen molar-refractivity contribution in [3.05, 3.63) is 35.9 Å². The number of nitrogens with two attached hydrogens (primary N) is 2. The molecule has 0 spiro atoms. The molecule has 18 heavy (non-hydrogen) atoms. The molecule has 0 aliphatic heterocycles.